The molecular formula is C8H17NO4S. The van der Waals surface area contributed by atoms with Gasteiger partial charge in [-0.1, -0.05) is 0 Å². The van der Waals surface area contributed by atoms with E-state index in [0.717, 1.165) is 0 Å². The van der Waals surface area contributed by atoms with E-state index in [-0.39, 0.29) is 12.2 Å². The number of sulfone groups is 1. The normalized spacial score (nSPS) is 14.3. The molecule has 6 heteroatoms. The number of hydrogen-bond acceptors (Lipinski definition) is 4. The topological polar surface area (TPSA) is 74.7 Å². The van der Waals surface area contributed by atoms with Crippen LogP contribution in [-0.2, 0) is 14.6 Å². The molecule has 0 rings (SSSR count). The molecule has 0 aromatic heterocycles. The van der Waals surface area contributed by atoms with Gasteiger partial charge in [0.05, 0.1) is 17.4 Å². The number of nitrogens with zero attached hydrogens (tertiary/aromatic N) is 1. The van der Waals surface area contributed by atoms with E-state index in [0.29, 0.717) is 6.54 Å². The highest BCUT2D eigenvalue weighted by molar-refractivity contribution is 7.92. The largest absolute Gasteiger partial charge is 0.481 e. The van der Waals surface area contributed by atoms with Gasteiger partial charge in [0.15, 0.2) is 9.84 Å². The quantitative estimate of drug-likeness (QED) is 0.676. The minimum Gasteiger partial charge on any atom is -0.481 e. The Bertz CT molecular complexity index is 284. The number of rotatable bonds is 6. The molecule has 0 spiro atoms. The Morgan fingerprint density at radius 2 is 1.93 bits per heavy atom. The molecule has 0 radical (unpaired) electrons. The number of carboxylic acid groups (broad SMARTS) is 1. The van der Waals surface area contributed by atoms with Crippen LogP contribution in [0.5, 0.6) is 0 Å². The molecule has 1 unspecified atom stereocenters. The molecule has 5 nitrogen and oxygen atoms in total. The van der Waals surface area contributed by atoms with Gasteiger partial charge in [0.2, 0.25) is 0 Å². The molecule has 0 aliphatic rings. The van der Waals surface area contributed by atoms with E-state index in [1.807, 2.05) is 0 Å². The van der Waals surface area contributed by atoms with Gasteiger partial charge in [-0.3, -0.25) is 4.79 Å². The first-order valence-corrected chi connectivity index (χ1v) is 6.05. The van der Waals surface area contributed by atoms with Gasteiger partial charge in [0.25, 0.3) is 0 Å². The van der Waals surface area contributed by atoms with Crippen molar-refractivity contribution in [2.45, 2.75) is 18.6 Å². The second-order valence-electron chi connectivity index (χ2n) is 3.58. The van der Waals surface area contributed by atoms with Crippen LogP contribution in [0.4, 0.5) is 0 Å². The maximum Gasteiger partial charge on any atom is 0.304 e. The minimum atomic E-state index is -3.27. The molecule has 84 valence electrons. The van der Waals surface area contributed by atoms with Gasteiger partial charge in [0.1, 0.15) is 0 Å². The van der Waals surface area contributed by atoms with Crippen molar-refractivity contribution in [1.82, 2.24) is 4.90 Å². The average Bonchev–Trinajstić information content (AvgIpc) is 1.99. The Morgan fingerprint density at radius 3 is 2.29 bits per heavy atom. The average molecular weight is 223 g/mol. The fourth-order valence-corrected chi connectivity index (χ4v) is 2.30. The molecule has 0 saturated carbocycles. The van der Waals surface area contributed by atoms with Crippen molar-refractivity contribution >= 4 is 15.8 Å². The van der Waals surface area contributed by atoms with Crippen LogP contribution in [0, 0.1) is 0 Å². The van der Waals surface area contributed by atoms with Gasteiger partial charge < -0.3 is 10.0 Å². The molecule has 1 N–H and O–H groups in total. The molecule has 0 aliphatic heterocycles. The number of hydrogen-bond donors (Lipinski definition) is 1. The Balaban J connectivity index is 4.24. The lowest BCUT2D eigenvalue weighted by Crippen LogP contribution is -2.29. The lowest BCUT2D eigenvalue weighted by atomic mass is 10.3. The molecule has 0 aromatic carbocycles. The molecule has 0 bridgehead atoms. The van der Waals surface area contributed by atoms with Crippen LogP contribution in [0.25, 0.3) is 0 Å². The Kier molecular flexibility index (Phi) is 5.07. The van der Waals surface area contributed by atoms with Gasteiger partial charge in [0, 0.05) is 6.54 Å². The van der Waals surface area contributed by atoms with E-state index in [2.05, 4.69) is 0 Å². The van der Waals surface area contributed by atoms with Crippen LogP contribution < -0.4 is 0 Å². The summed E-state index contributed by atoms with van der Waals surface area (Å²) < 4.78 is 23.0. The number of carbonyl (C=O) groups is 1. The van der Waals surface area contributed by atoms with E-state index >= 15 is 0 Å². The number of carboxylic acids is 1. The monoisotopic (exact) mass is 223 g/mol. The van der Waals surface area contributed by atoms with E-state index < -0.39 is 21.1 Å². The molecule has 0 heterocycles. The third kappa shape index (κ3) is 5.18. The van der Waals surface area contributed by atoms with Crippen molar-refractivity contribution in [2.24, 2.45) is 0 Å². The summed E-state index contributed by atoms with van der Waals surface area (Å²) in [4.78, 5) is 12.1. The van der Waals surface area contributed by atoms with E-state index in [9.17, 15) is 13.2 Å². The van der Waals surface area contributed by atoms with E-state index in [4.69, 9.17) is 5.11 Å². The molecule has 0 aromatic rings. The third-order valence-corrected chi connectivity index (χ3v) is 4.04. The molecule has 0 fully saturated rings. The molecule has 1 atom stereocenters. The predicted octanol–water partition coefficient (Wildman–Crippen LogP) is -0.174. The Hall–Kier alpha value is -0.620. The van der Waals surface area contributed by atoms with Crippen molar-refractivity contribution in [1.29, 1.82) is 0 Å². The van der Waals surface area contributed by atoms with Crippen LogP contribution in [0.15, 0.2) is 0 Å². The summed E-state index contributed by atoms with van der Waals surface area (Å²) in [5, 5.41) is 7.64. The zero-order valence-electron chi connectivity index (χ0n) is 8.73. The minimum absolute atomic E-state index is 0.00838. The van der Waals surface area contributed by atoms with Gasteiger partial charge >= 0.3 is 5.97 Å². The zero-order valence-corrected chi connectivity index (χ0v) is 9.54. The van der Waals surface area contributed by atoms with Crippen molar-refractivity contribution in [3.05, 3.63) is 0 Å². The summed E-state index contributed by atoms with van der Waals surface area (Å²) >= 11 is 0. The summed E-state index contributed by atoms with van der Waals surface area (Å²) in [5.74, 6) is -1.07. The number of aliphatic carboxylic acids is 1. The van der Waals surface area contributed by atoms with Crippen LogP contribution in [-0.4, -0.2) is 56.0 Å². The van der Waals surface area contributed by atoms with Gasteiger partial charge in [-0.05, 0) is 21.0 Å². The second kappa shape index (κ2) is 5.31. The summed E-state index contributed by atoms with van der Waals surface area (Å²) in [7, 11) is 0.277. The van der Waals surface area contributed by atoms with E-state index in [1.165, 1.54) is 6.92 Å². The summed E-state index contributed by atoms with van der Waals surface area (Å²) in [6.45, 7) is 1.85. The SMILES string of the molecule is CC(CC(=O)O)S(=O)(=O)CCN(C)C. The fraction of sp³-hybridized carbons (Fsp3) is 0.875. The molecule has 0 aliphatic carbocycles. The lowest BCUT2D eigenvalue weighted by molar-refractivity contribution is -0.136. The van der Waals surface area contributed by atoms with Crippen LogP contribution in [0.2, 0.25) is 0 Å². The van der Waals surface area contributed by atoms with Crippen LogP contribution in [0.1, 0.15) is 13.3 Å². The maximum atomic E-state index is 11.5. The fourth-order valence-electron chi connectivity index (χ4n) is 0.884. The first kappa shape index (κ1) is 13.4. The maximum absolute atomic E-state index is 11.5. The Morgan fingerprint density at radius 1 is 1.43 bits per heavy atom. The van der Waals surface area contributed by atoms with Crippen molar-refractivity contribution in [3.8, 4) is 0 Å². The van der Waals surface area contributed by atoms with Crippen molar-refractivity contribution < 1.29 is 18.3 Å². The zero-order chi connectivity index (χ0) is 11.4. The first-order valence-electron chi connectivity index (χ1n) is 4.34. The van der Waals surface area contributed by atoms with Gasteiger partial charge in [-0.2, -0.15) is 0 Å². The first-order chi connectivity index (χ1) is 6.25. The van der Waals surface area contributed by atoms with Gasteiger partial charge in [-0.25, -0.2) is 8.42 Å². The molecule has 0 saturated heterocycles. The Labute approximate surface area is 84.6 Å². The highest BCUT2D eigenvalue weighted by Crippen LogP contribution is 2.06. The highest BCUT2D eigenvalue weighted by atomic mass is 32.2. The van der Waals surface area contributed by atoms with Crippen molar-refractivity contribution in [2.75, 3.05) is 26.4 Å². The standard InChI is InChI=1S/C8H17NO4S/c1-7(6-8(10)11)14(12,13)5-4-9(2)3/h7H,4-6H2,1-3H3,(H,10,11). The third-order valence-electron chi connectivity index (χ3n) is 1.90. The van der Waals surface area contributed by atoms with E-state index in [1.54, 1.807) is 19.0 Å². The predicted molar refractivity (Wildman–Crippen MR) is 54.1 cm³/mol. The second-order valence-corrected chi connectivity index (χ2v) is 6.12. The summed E-state index contributed by atoms with van der Waals surface area (Å²) in [6, 6.07) is 0. The van der Waals surface area contributed by atoms with Gasteiger partial charge in [-0.15, -0.1) is 0 Å². The highest BCUT2D eigenvalue weighted by Gasteiger charge is 2.22. The summed E-state index contributed by atoms with van der Waals surface area (Å²) in [6.07, 6.45) is -0.324. The molecule has 0 amide bonds. The molecule has 14 heavy (non-hydrogen) atoms. The smallest absolute Gasteiger partial charge is 0.304 e. The summed E-state index contributed by atoms with van der Waals surface area (Å²) in [5.41, 5.74) is 0. The van der Waals surface area contributed by atoms with Crippen LogP contribution in [0.3, 0.4) is 0 Å². The lowest BCUT2D eigenvalue weighted by Gasteiger charge is -2.13. The van der Waals surface area contributed by atoms with Crippen molar-refractivity contribution in [3.63, 3.8) is 0 Å². The molecular weight excluding hydrogens is 206 g/mol. The van der Waals surface area contributed by atoms with Crippen LogP contribution >= 0.6 is 0 Å².